The van der Waals surface area contributed by atoms with Crippen LogP contribution in [0.1, 0.15) is 4.88 Å². The van der Waals surface area contributed by atoms with Crippen LogP contribution >= 0.6 is 11.3 Å². The fourth-order valence-electron chi connectivity index (χ4n) is 1.94. The van der Waals surface area contributed by atoms with Gasteiger partial charge >= 0.3 is 0 Å². The number of anilines is 1. The summed E-state index contributed by atoms with van der Waals surface area (Å²) in [7, 11) is 0. The third-order valence-corrected chi connectivity index (χ3v) is 3.74. The number of para-hydroxylation sites is 1. The summed E-state index contributed by atoms with van der Waals surface area (Å²) in [6.07, 6.45) is 3.07. The van der Waals surface area contributed by atoms with Crippen molar-refractivity contribution >= 4 is 33.3 Å². The number of hydrogen-bond acceptors (Lipinski definition) is 5. The van der Waals surface area contributed by atoms with Crippen LogP contribution in [0.2, 0.25) is 0 Å². The van der Waals surface area contributed by atoms with Crippen LogP contribution in [0.4, 0.5) is 5.13 Å². The van der Waals surface area contributed by atoms with E-state index in [-0.39, 0.29) is 18.0 Å². The molecule has 0 aliphatic rings. The molecule has 0 spiro atoms. The Labute approximate surface area is 124 Å². The molecule has 106 valence electrons. The molecule has 0 radical (unpaired) electrons. The van der Waals surface area contributed by atoms with E-state index < -0.39 is 0 Å². The average molecular weight is 300 g/mol. The van der Waals surface area contributed by atoms with Gasteiger partial charge in [0.1, 0.15) is 6.54 Å². The molecule has 0 bridgehead atoms. The van der Waals surface area contributed by atoms with E-state index in [4.69, 9.17) is 0 Å². The molecule has 0 aliphatic heterocycles. The van der Waals surface area contributed by atoms with Gasteiger partial charge in [-0.1, -0.05) is 12.1 Å². The smallest absolute Gasteiger partial charge is 0.261 e. The largest absolute Gasteiger partial charge is 0.300 e. The van der Waals surface area contributed by atoms with Crippen molar-refractivity contribution in [2.24, 2.45) is 0 Å². The molecule has 3 rings (SSSR count). The summed E-state index contributed by atoms with van der Waals surface area (Å²) in [5, 5.41) is 3.69. The van der Waals surface area contributed by atoms with Crippen molar-refractivity contribution in [3.63, 3.8) is 0 Å². The van der Waals surface area contributed by atoms with Gasteiger partial charge in [-0.25, -0.2) is 9.97 Å². The van der Waals surface area contributed by atoms with Crippen LogP contribution in [0.3, 0.4) is 0 Å². The maximum atomic E-state index is 12.3. The monoisotopic (exact) mass is 300 g/mol. The number of amides is 1. The molecule has 0 aliphatic carbocycles. The predicted molar refractivity (Wildman–Crippen MR) is 81.5 cm³/mol. The Hall–Kier alpha value is -2.54. The number of carbonyl (C=O) groups excluding carboxylic acids is 1. The van der Waals surface area contributed by atoms with E-state index in [0.29, 0.717) is 16.0 Å². The van der Waals surface area contributed by atoms with Crippen LogP contribution in [0.5, 0.6) is 0 Å². The first kappa shape index (κ1) is 13.4. The van der Waals surface area contributed by atoms with Gasteiger partial charge in [0.15, 0.2) is 5.13 Å². The van der Waals surface area contributed by atoms with Crippen molar-refractivity contribution in [2.75, 3.05) is 5.32 Å². The van der Waals surface area contributed by atoms with Gasteiger partial charge in [0.25, 0.3) is 5.56 Å². The lowest BCUT2D eigenvalue weighted by Crippen LogP contribution is -2.27. The molecule has 0 saturated carbocycles. The first-order valence-corrected chi connectivity index (χ1v) is 7.11. The highest BCUT2D eigenvalue weighted by Gasteiger charge is 2.09. The standard InChI is InChI=1S/C14H12N4O2S/c1-9-6-15-14(21-9)17-12(19)7-18-8-16-11-5-3-2-4-10(11)13(18)20/h2-6,8H,7H2,1H3,(H,15,17,19). The van der Waals surface area contributed by atoms with Crippen molar-refractivity contribution in [2.45, 2.75) is 13.5 Å². The van der Waals surface area contributed by atoms with E-state index in [9.17, 15) is 9.59 Å². The van der Waals surface area contributed by atoms with Crippen molar-refractivity contribution in [1.82, 2.24) is 14.5 Å². The summed E-state index contributed by atoms with van der Waals surface area (Å²) < 4.78 is 1.29. The maximum Gasteiger partial charge on any atom is 0.261 e. The molecule has 1 aromatic carbocycles. The Balaban J connectivity index is 1.83. The van der Waals surface area contributed by atoms with Crippen LogP contribution in [0.15, 0.2) is 41.6 Å². The van der Waals surface area contributed by atoms with Gasteiger partial charge < -0.3 is 5.32 Å². The van der Waals surface area contributed by atoms with Gasteiger partial charge in [-0.2, -0.15) is 0 Å². The van der Waals surface area contributed by atoms with E-state index >= 15 is 0 Å². The van der Waals surface area contributed by atoms with Crippen molar-refractivity contribution in [3.8, 4) is 0 Å². The Bertz CT molecular complexity index is 869. The molecule has 6 nitrogen and oxygen atoms in total. The van der Waals surface area contributed by atoms with E-state index in [1.54, 1.807) is 24.4 Å². The number of carbonyl (C=O) groups is 1. The molecule has 0 saturated heterocycles. The van der Waals surface area contributed by atoms with Gasteiger partial charge in [-0.3, -0.25) is 14.2 Å². The Morgan fingerprint density at radius 2 is 2.14 bits per heavy atom. The summed E-state index contributed by atoms with van der Waals surface area (Å²) in [6.45, 7) is 1.82. The van der Waals surface area contributed by atoms with Gasteiger partial charge in [0, 0.05) is 11.1 Å². The third-order valence-electron chi connectivity index (χ3n) is 2.91. The van der Waals surface area contributed by atoms with Crippen LogP contribution in [-0.4, -0.2) is 20.4 Å². The molecule has 3 aromatic rings. The Morgan fingerprint density at radius 1 is 1.33 bits per heavy atom. The molecule has 0 atom stereocenters. The number of aromatic nitrogens is 3. The van der Waals surface area contributed by atoms with Crippen molar-refractivity contribution in [1.29, 1.82) is 0 Å². The molecule has 0 unspecified atom stereocenters. The van der Waals surface area contributed by atoms with Gasteiger partial charge in [-0.05, 0) is 19.1 Å². The van der Waals surface area contributed by atoms with E-state index in [1.807, 2.05) is 13.0 Å². The number of thiazole rings is 1. The molecule has 2 aromatic heterocycles. The number of hydrogen-bond donors (Lipinski definition) is 1. The summed E-state index contributed by atoms with van der Waals surface area (Å²) in [5.74, 6) is -0.302. The second-order valence-corrected chi connectivity index (χ2v) is 5.75. The first-order chi connectivity index (χ1) is 10.1. The highest BCUT2D eigenvalue weighted by Crippen LogP contribution is 2.16. The van der Waals surface area contributed by atoms with Crippen molar-refractivity contribution < 1.29 is 4.79 Å². The van der Waals surface area contributed by atoms with Gasteiger partial charge in [0.05, 0.1) is 17.2 Å². The van der Waals surface area contributed by atoms with Crippen molar-refractivity contribution in [3.05, 3.63) is 52.0 Å². The van der Waals surface area contributed by atoms with E-state index in [0.717, 1.165) is 4.88 Å². The Morgan fingerprint density at radius 3 is 2.90 bits per heavy atom. The summed E-state index contributed by atoms with van der Waals surface area (Å²) in [6, 6.07) is 7.05. The zero-order valence-corrected chi connectivity index (χ0v) is 12.1. The van der Waals surface area contributed by atoms with Crippen LogP contribution < -0.4 is 10.9 Å². The second-order valence-electron chi connectivity index (χ2n) is 4.52. The highest BCUT2D eigenvalue weighted by atomic mass is 32.1. The molecule has 21 heavy (non-hydrogen) atoms. The van der Waals surface area contributed by atoms with Crippen LogP contribution in [0.25, 0.3) is 10.9 Å². The highest BCUT2D eigenvalue weighted by molar-refractivity contribution is 7.15. The number of aryl methyl sites for hydroxylation is 1. The molecule has 1 N–H and O–H groups in total. The lowest BCUT2D eigenvalue weighted by atomic mass is 10.2. The Kier molecular flexibility index (Phi) is 3.49. The molecule has 0 fully saturated rings. The van der Waals surface area contributed by atoms with Crippen LogP contribution in [-0.2, 0) is 11.3 Å². The minimum atomic E-state index is -0.302. The zero-order chi connectivity index (χ0) is 14.8. The van der Waals surface area contributed by atoms with Gasteiger partial charge in [-0.15, -0.1) is 11.3 Å². The van der Waals surface area contributed by atoms with E-state index in [1.165, 1.54) is 22.2 Å². The molecular formula is C14H12N4O2S. The molecule has 7 heteroatoms. The number of fused-ring (bicyclic) bond motifs is 1. The second kappa shape index (κ2) is 5.45. The number of rotatable bonds is 3. The number of benzene rings is 1. The van der Waals surface area contributed by atoms with Crippen LogP contribution in [0, 0.1) is 6.92 Å². The number of nitrogens with one attached hydrogen (secondary N) is 1. The molecule has 2 heterocycles. The predicted octanol–water partition coefficient (Wildman–Crippen LogP) is 1.80. The zero-order valence-electron chi connectivity index (χ0n) is 11.2. The minimum absolute atomic E-state index is 0.0880. The average Bonchev–Trinajstić information content (AvgIpc) is 2.87. The lowest BCUT2D eigenvalue weighted by Gasteiger charge is -2.06. The summed E-state index contributed by atoms with van der Waals surface area (Å²) in [5.41, 5.74) is 0.390. The fraction of sp³-hybridized carbons (Fsp3) is 0.143. The summed E-state index contributed by atoms with van der Waals surface area (Å²) in [4.78, 5) is 33.4. The first-order valence-electron chi connectivity index (χ1n) is 6.30. The third kappa shape index (κ3) is 2.82. The SMILES string of the molecule is Cc1cnc(NC(=O)Cn2cnc3ccccc3c2=O)s1. The number of nitrogens with zero attached hydrogens (tertiary/aromatic N) is 3. The van der Waals surface area contributed by atoms with Gasteiger partial charge in [0.2, 0.25) is 5.91 Å². The lowest BCUT2D eigenvalue weighted by molar-refractivity contribution is -0.116. The maximum absolute atomic E-state index is 12.3. The summed E-state index contributed by atoms with van der Waals surface area (Å²) >= 11 is 1.39. The topological polar surface area (TPSA) is 76.9 Å². The minimum Gasteiger partial charge on any atom is -0.300 e. The fourth-order valence-corrected chi connectivity index (χ4v) is 2.63. The molecular weight excluding hydrogens is 288 g/mol. The van der Waals surface area contributed by atoms with E-state index in [2.05, 4.69) is 15.3 Å². The normalized spacial score (nSPS) is 10.7. The molecule has 1 amide bonds. The quantitative estimate of drug-likeness (QED) is 0.800.